The van der Waals surface area contributed by atoms with Gasteiger partial charge >= 0.3 is 0 Å². The molecule has 2 N–H and O–H groups in total. The molecular formula is C14H18F2N6. The average molecular weight is 308 g/mol. The number of nitrogens with zero attached hydrogens (tertiary/aromatic N) is 4. The van der Waals surface area contributed by atoms with Crippen molar-refractivity contribution in [3.63, 3.8) is 0 Å². The molecule has 0 bridgehead atoms. The fraction of sp³-hybridized carbons (Fsp3) is 0.357. The molecule has 0 atom stereocenters. The lowest BCUT2D eigenvalue weighted by molar-refractivity contribution is 0.405. The molecule has 0 aliphatic rings. The number of hydrogen-bond acceptors (Lipinski definition) is 6. The Hall–Kier alpha value is -2.35. The Morgan fingerprint density at radius 1 is 1.18 bits per heavy atom. The summed E-state index contributed by atoms with van der Waals surface area (Å²) in [6, 6.07) is 3.63. The van der Waals surface area contributed by atoms with Gasteiger partial charge in [-0.25, -0.2) is 8.78 Å². The van der Waals surface area contributed by atoms with Gasteiger partial charge in [-0.3, -0.25) is 0 Å². The summed E-state index contributed by atoms with van der Waals surface area (Å²) in [5.41, 5.74) is -0.262. The zero-order valence-electron chi connectivity index (χ0n) is 12.5. The van der Waals surface area contributed by atoms with E-state index >= 15 is 0 Å². The number of nitrogens with one attached hydrogen (secondary N) is 2. The van der Waals surface area contributed by atoms with Crippen molar-refractivity contribution in [2.75, 3.05) is 37.8 Å². The maximum absolute atomic E-state index is 13.6. The Morgan fingerprint density at radius 2 is 1.91 bits per heavy atom. The minimum absolute atomic E-state index is 0.217. The summed E-state index contributed by atoms with van der Waals surface area (Å²) in [6.45, 7) is 1.61. The van der Waals surface area contributed by atoms with Gasteiger partial charge in [-0.2, -0.15) is 10.1 Å². The largest absolute Gasteiger partial charge is 0.353 e. The van der Waals surface area contributed by atoms with Crippen molar-refractivity contribution < 1.29 is 8.78 Å². The Labute approximate surface area is 127 Å². The molecule has 8 heteroatoms. The quantitative estimate of drug-likeness (QED) is 0.765. The molecule has 0 saturated heterocycles. The number of para-hydroxylation sites is 1. The molecule has 0 unspecified atom stereocenters. The van der Waals surface area contributed by atoms with Gasteiger partial charge in [0.15, 0.2) is 5.82 Å². The number of rotatable bonds is 7. The first-order valence-electron chi connectivity index (χ1n) is 6.85. The molecule has 0 amide bonds. The smallest absolute Gasteiger partial charge is 0.244 e. The molecule has 6 nitrogen and oxygen atoms in total. The van der Waals surface area contributed by atoms with Gasteiger partial charge in [-0.1, -0.05) is 6.07 Å². The standard InChI is InChI=1S/C14H18F2N6/c1-22(2)8-4-7-17-14-20-12(9-18-21-14)19-13-10(15)5-3-6-11(13)16/h3,5-6,9H,4,7-8H2,1-2H3,(H2,17,19,20,21). The van der Waals surface area contributed by atoms with Gasteiger partial charge in [0.25, 0.3) is 0 Å². The van der Waals surface area contributed by atoms with Crippen LogP contribution in [-0.4, -0.2) is 47.3 Å². The summed E-state index contributed by atoms with van der Waals surface area (Å²) >= 11 is 0. The van der Waals surface area contributed by atoms with E-state index in [2.05, 4.69) is 30.7 Å². The van der Waals surface area contributed by atoms with Gasteiger partial charge in [-0.05, 0) is 39.2 Å². The van der Waals surface area contributed by atoms with Gasteiger partial charge in [0, 0.05) is 6.54 Å². The van der Waals surface area contributed by atoms with Gasteiger partial charge in [0.1, 0.15) is 17.3 Å². The van der Waals surface area contributed by atoms with Crippen LogP contribution in [0.15, 0.2) is 24.4 Å². The first-order chi connectivity index (χ1) is 10.6. The summed E-state index contributed by atoms with van der Waals surface area (Å²) in [5, 5.41) is 13.2. The van der Waals surface area contributed by atoms with Crippen molar-refractivity contribution in [3.8, 4) is 0 Å². The summed E-state index contributed by atoms with van der Waals surface area (Å²) < 4.78 is 27.1. The van der Waals surface area contributed by atoms with Crippen LogP contribution in [0.25, 0.3) is 0 Å². The van der Waals surface area contributed by atoms with Crippen LogP contribution in [0.4, 0.5) is 26.2 Å². The second kappa shape index (κ2) is 7.60. The van der Waals surface area contributed by atoms with E-state index in [1.165, 1.54) is 24.4 Å². The lowest BCUT2D eigenvalue weighted by Gasteiger charge is -2.10. The molecule has 1 aromatic heterocycles. The average Bonchev–Trinajstić information content (AvgIpc) is 2.48. The number of aromatic nitrogens is 3. The first-order valence-corrected chi connectivity index (χ1v) is 6.85. The molecule has 1 heterocycles. The van der Waals surface area contributed by atoms with Crippen molar-refractivity contribution in [3.05, 3.63) is 36.0 Å². The molecule has 0 fully saturated rings. The van der Waals surface area contributed by atoms with Crippen molar-refractivity contribution in [1.82, 2.24) is 20.1 Å². The van der Waals surface area contributed by atoms with E-state index in [1.807, 2.05) is 14.1 Å². The number of hydrogen-bond donors (Lipinski definition) is 2. The van der Waals surface area contributed by atoms with Crippen LogP contribution >= 0.6 is 0 Å². The fourth-order valence-corrected chi connectivity index (χ4v) is 1.78. The lowest BCUT2D eigenvalue weighted by atomic mass is 10.3. The second-order valence-electron chi connectivity index (χ2n) is 4.97. The Morgan fingerprint density at radius 3 is 2.59 bits per heavy atom. The van der Waals surface area contributed by atoms with Crippen molar-refractivity contribution in [2.45, 2.75) is 6.42 Å². The molecule has 0 saturated carbocycles. The van der Waals surface area contributed by atoms with Crippen LogP contribution in [0.3, 0.4) is 0 Å². The second-order valence-corrected chi connectivity index (χ2v) is 4.97. The predicted octanol–water partition coefficient (Wildman–Crippen LogP) is 2.26. The summed E-state index contributed by atoms with van der Waals surface area (Å²) in [6.07, 6.45) is 2.22. The van der Waals surface area contributed by atoms with Crippen LogP contribution in [0, 0.1) is 11.6 Å². The summed E-state index contributed by atoms with van der Waals surface area (Å²) in [4.78, 5) is 6.19. The number of benzene rings is 1. The lowest BCUT2D eigenvalue weighted by Crippen LogP contribution is -2.17. The first kappa shape index (κ1) is 16.0. The molecule has 0 aliphatic carbocycles. The van der Waals surface area contributed by atoms with Crippen LogP contribution in [0.2, 0.25) is 0 Å². The molecule has 2 aromatic rings. The number of halogens is 2. The molecule has 0 radical (unpaired) electrons. The minimum Gasteiger partial charge on any atom is -0.353 e. The molecule has 22 heavy (non-hydrogen) atoms. The van der Waals surface area contributed by atoms with E-state index in [1.54, 1.807) is 0 Å². The van der Waals surface area contributed by atoms with Gasteiger partial charge in [0.2, 0.25) is 5.95 Å². The third kappa shape index (κ3) is 4.59. The fourth-order valence-electron chi connectivity index (χ4n) is 1.78. The van der Waals surface area contributed by atoms with Crippen LogP contribution in [-0.2, 0) is 0 Å². The highest BCUT2D eigenvalue weighted by Crippen LogP contribution is 2.21. The van der Waals surface area contributed by atoms with Crippen LogP contribution < -0.4 is 10.6 Å². The Balaban J connectivity index is 1.99. The maximum atomic E-state index is 13.6. The zero-order chi connectivity index (χ0) is 15.9. The Kier molecular flexibility index (Phi) is 5.54. The molecule has 2 rings (SSSR count). The highest BCUT2D eigenvalue weighted by Gasteiger charge is 2.09. The van der Waals surface area contributed by atoms with Crippen LogP contribution in [0.1, 0.15) is 6.42 Å². The third-order valence-electron chi connectivity index (χ3n) is 2.84. The highest BCUT2D eigenvalue weighted by molar-refractivity contribution is 5.57. The third-order valence-corrected chi connectivity index (χ3v) is 2.84. The maximum Gasteiger partial charge on any atom is 0.244 e. The van der Waals surface area contributed by atoms with Gasteiger partial charge < -0.3 is 15.5 Å². The molecule has 0 aliphatic heterocycles. The predicted molar refractivity (Wildman–Crippen MR) is 81.1 cm³/mol. The summed E-state index contributed by atoms with van der Waals surface area (Å²) in [5.74, 6) is -0.868. The van der Waals surface area contributed by atoms with Gasteiger partial charge in [-0.15, -0.1) is 5.10 Å². The molecule has 0 spiro atoms. The van der Waals surface area contributed by atoms with Crippen molar-refractivity contribution in [1.29, 1.82) is 0 Å². The summed E-state index contributed by atoms with van der Waals surface area (Å²) in [7, 11) is 3.98. The topological polar surface area (TPSA) is 66.0 Å². The van der Waals surface area contributed by atoms with E-state index in [9.17, 15) is 8.78 Å². The monoisotopic (exact) mass is 308 g/mol. The van der Waals surface area contributed by atoms with Crippen molar-refractivity contribution >= 4 is 17.5 Å². The van der Waals surface area contributed by atoms with E-state index in [0.29, 0.717) is 12.5 Å². The van der Waals surface area contributed by atoms with E-state index in [0.717, 1.165) is 13.0 Å². The Bertz CT molecular complexity index is 600. The zero-order valence-corrected chi connectivity index (χ0v) is 12.5. The molecule has 118 valence electrons. The number of anilines is 3. The molecule has 1 aromatic carbocycles. The minimum atomic E-state index is -0.695. The van der Waals surface area contributed by atoms with Gasteiger partial charge in [0.05, 0.1) is 6.20 Å². The van der Waals surface area contributed by atoms with E-state index in [4.69, 9.17) is 0 Å². The van der Waals surface area contributed by atoms with Crippen LogP contribution in [0.5, 0.6) is 0 Å². The SMILES string of the molecule is CN(C)CCCNc1nncc(Nc2c(F)cccc2F)n1. The highest BCUT2D eigenvalue weighted by atomic mass is 19.1. The molecular weight excluding hydrogens is 290 g/mol. The van der Waals surface area contributed by atoms with E-state index in [-0.39, 0.29) is 11.5 Å². The van der Waals surface area contributed by atoms with Crippen molar-refractivity contribution in [2.24, 2.45) is 0 Å². The normalized spacial score (nSPS) is 10.8. The van der Waals surface area contributed by atoms with E-state index < -0.39 is 11.6 Å².